The van der Waals surface area contributed by atoms with Crippen LogP contribution in [-0.4, -0.2) is 37.1 Å². The summed E-state index contributed by atoms with van der Waals surface area (Å²) in [7, 11) is 1.14. The molecule has 1 fully saturated rings. The highest BCUT2D eigenvalue weighted by Gasteiger charge is 2.52. The molecule has 1 N–H and O–H groups in total. The van der Waals surface area contributed by atoms with Gasteiger partial charge >= 0.3 is 7.12 Å². The highest BCUT2D eigenvalue weighted by Crippen LogP contribution is 2.39. The number of methoxy groups -OCH3 is 1. The van der Waals surface area contributed by atoms with Crippen LogP contribution in [0, 0.1) is 13.8 Å². The van der Waals surface area contributed by atoms with E-state index in [1.807, 2.05) is 59.8 Å². The quantitative estimate of drug-likeness (QED) is 0.865. The van der Waals surface area contributed by atoms with Gasteiger partial charge in [-0.1, -0.05) is 6.08 Å². The largest absolute Gasteiger partial charge is 0.496 e. The zero-order valence-corrected chi connectivity index (χ0v) is 15.2. The van der Waals surface area contributed by atoms with Gasteiger partial charge in [-0.05, 0) is 75.8 Å². The molecule has 4 nitrogen and oxygen atoms in total. The summed E-state index contributed by atoms with van der Waals surface area (Å²) < 4.78 is 17.4. The van der Waals surface area contributed by atoms with Gasteiger partial charge in [0.2, 0.25) is 0 Å². The van der Waals surface area contributed by atoms with Gasteiger partial charge in [0.15, 0.2) is 0 Å². The molecule has 23 heavy (non-hydrogen) atoms. The maximum Gasteiger partial charge on any atom is 0.492 e. The molecule has 0 saturated carbocycles. The van der Waals surface area contributed by atoms with E-state index in [0.29, 0.717) is 5.47 Å². The zero-order valence-electron chi connectivity index (χ0n) is 15.2. The van der Waals surface area contributed by atoms with E-state index >= 15 is 0 Å². The standard InChI is InChI=1S/C18H27BO4/c1-12-8-14(9-13(2)16(12)21-7)10-15(11-20)19-22-17(3,4)18(5,6)23-19/h8-10,20H,11H2,1-7H3. The molecule has 0 radical (unpaired) electrons. The van der Waals surface area contributed by atoms with Crippen LogP contribution in [0.1, 0.15) is 44.4 Å². The Morgan fingerprint density at radius 2 is 1.61 bits per heavy atom. The lowest BCUT2D eigenvalue weighted by Crippen LogP contribution is -2.41. The summed E-state index contributed by atoms with van der Waals surface area (Å²) >= 11 is 0. The third-order valence-corrected chi connectivity index (χ3v) is 4.78. The summed E-state index contributed by atoms with van der Waals surface area (Å²) in [5.41, 5.74) is 3.00. The molecule has 1 aromatic carbocycles. The fourth-order valence-corrected chi connectivity index (χ4v) is 2.79. The molecule has 1 aliphatic rings. The van der Waals surface area contributed by atoms with Gasteiger partial charge in [0.05, 0.1) is 24.9 Å². The van der Waals surface area contributed by atoms with Crippen LogP contribution in [0.5, 0.6) is 5.75 Å². The zero-order chi connectivity index (χ0) is 17.4. The number of benzene rings is 1. The van der Waals surface area contributed by atoms with E-state index in [4.69, 9.17) is 14.0 Å². The van der Waals surface area contributed by atoms with Gasteiger partial charge in [-0.3, -0.25) is 0 Å². The van der Waals surface area contributed by atoms with Crippen molar-refractivity contribution in [3.8, 4) is 5.75 Å². The van der Waals surface area contributed by atoms with Crippen LogP contribution in [0.4, 0.5) is 0 Å². The minimum atomic E-state index is -0.535. The van der Waals surface area contributed by atoms with Crippen molar-refractivity contribution < 1.29 is 19.2 Å². The second kappa shape index (κ2) is 6.31. The third-order valence-electron chi connectivity index (χ3n) is 4.78. The van der Waals surface area contributed by atoms with E-state index < -0.39 is 18.3 Å². The molecule has 0 amide bonds. The summed E-state index contributed by atoms with van der Waals surface area (Å²) in [6.45, 7) is 11.9. The number of aliphatic hydroxyl groups is 1. The Balaban J connectivity index is 2.34. The summed E-state index contributed by atoms with van der Waals surface area (Å²) in [5.74, 6) is 0.892. The molecule has 1 aromatic rings. The lowest BCUT2D eigenvalue weighted by molar-refractivity contribution is 0.00578. The highest BCUT2D eigenvalue weighted by molar-refractivity contribution is 6.55. The number of aliphatic hydroxyl groups excluding tert-OH is 1. The normalized spacial score (nSPS) is 20.0. The fraction of sp³-hybridized carbons (Fsp3) is 0.556. The Hall–Kier alpha value is -1.30. The van der Waals surface area contributed by atoms with Crippen molar-refractivity contribution in [2.75, 3.05) is 13.7 Å². The van der Waals surface area contributed by atoms with Crippen molar-refractivity contribution >= 4 is 13.2 Å². The molecular formula is C18H27BO4. The van der Waals surface area contributed by atoms with Crippen molar-refractivity contribution in [3.05, 3.63) is 34.3 Å². The maximum absolute atomic E-state index is 9.77. The van der Waals surface area contributed by atoms with E-state index in [9.17, 15) is 5.11 Å². The van der Waals surface area contributed by atoms with E-state index in [2.05, 4.69) is 0 Å². The molecule has 0 aliphatic carbocycles. The van der Waals surface area contributed by atoms with Gasteiger partial charge in [0, 0.05) is 0 Å². The smallest absolute Gasteiger partial charge is 0.492 e. The van der Waals surface area contributed by atoms with Crippen molar-refractivity contribution in [2.24, 2.45) is 0 Å². The predicted octanol–water partition coefficient (Wildman–Crippen LogP) is 3.32. The summed E-state index contributed by atoms with van der Waals surface area (Å²) in [6.07, 6.45) is 1.93. The molecule has 1 heterocycles. The van der Waals surface area contributed by atoms with Gasteiger partial charge in [-0.15, -0.1) is 0 Å². The highest BCUT2D eigenvalue weighted by atomic mass is 16.7. The van der Waals surface area contributed by atoms with Gasteiger partial charge in [-0.2, -0.15) is 0 Å². The van der Waals surface area contributed by atoms with Crippen molar-refractivity contribution in [1.29, 1.82) is 0 Å². The summed E-state index contributed by atoms with van der Waals surface area (Å²) in [6, 6.07) is 4.07. The lowest BCUT2D eigenvalue weighted by atomic mass is 9.77. The molecule has 2 rings (SSSR count). The molecule has 1 saturated heterocycles. The topological polar surface area (TPSA) is 47.9 Å². The van der Waals surface area contributed by atoms with Crippen molar-refractivity contribution in [1.82, 2.24) is 0 Å². The Morgan fingerprint density at radius 1 is 1.13 bits per heavy atom. The summed E-state index contributed by atoms with van der Waals surface area (Å²) in [4.78, 5) is 0. The van der Waals surface area contributed by atoms with Gasteiger partial charge in [0.25, 0.3) is 0 Å². The lowest BCUT2D eigenvalue weighted by Gasteiger charge is -2.32. The first-order chi connectivity index (χ1) is 10.6. The summed E-state index contributed by atoms with van der Waals surface area (Å²) in [5, 5.41) is 9.77. The first-order valence-electron chi connectivity index (χ1n) is 7.93. The van der Waals surface area contributed by atoms with Crippen LogP contribution >= 0.6 is 0 Å². The second-order valence-corrected chi connectivity index (χ2v) is 7.15. The maximum atomic E-state index is 9.77. The van der Waals surface area contributed by atoms with E-state index in [1.165, 1.54) is 0 Å². The molecule has 0 unspecified atom stereocenters. The molecule has 5 heteroatoms. The number of hydrogen-bond acceptors (Lipinski definition) is 4. The van der Waals surface area contributed by atoms with E-state index in [1.54, 1.807) is 7.11 Å². The van der Waals surface area contributed by atoms with Crippen LogP contribution < -0.4 is 4.74 Å². The molecule has 0 bridgehead atoms. The number of rotatable bonds is 4. The molecule has 1 aliphatic heterocycles. The Labute approximate surface area is 139 Å². The molecule has 0 atom stereocenters. The average Bonchev–Trinajstić information content (AvgIpc) is 2.64. The first-order valence-corrected chi connectivity index (χ1v) is 7.93. The number of ether oxygens (including phenoxy) is 1. The van der Waals surface area contributed by atoms with E-state index in [0.717, 1.165) is 22.4 Å². The Kier molecular flexibility index (Phi) is 4.95. The average molecular weight is 318 g/mol. The van der Waals surface area contributed by atoms with Gasteiger partial charge < -0.3 is 19.2 Å². The van der Waals surface area contributed by atoms with Crippen LogP contribution in [0.25, 0.3) is 6.08 Å². The number of hydrogen-bond donors (Lipinski definition) is 1. The van der Waals surface area contributed by atoms with Gasteiger partial charge in [0.1, 0.15) is 5.75 Å². The fourth-order valence-electron chi connectivity index (χ4n) is 2.79. The van der Waals surface area contributed by atoms with Crippen LogP contribution in [-0.2, 0) is 9.31 Å². The minimum Gasteiger partial charge on any atom is -0.496 e. The SMILES string of the molecule is COc1c(C)cc(C=C(CO)B2OC(C)(C)C(C)(C)O2)cc1C. The number of aryl methyl sites for hydroxylation is 2. The molecule has 0 spiro atoms. The monoisotopic (exact) mass is 318 g/mol. The molecular weight excluding hydrogens is 291 g/mol. The second-order valence-electron chi connectivity index (χ2n) is 7.15. The van der Waals surface area contributed by atoms with Crippen molar-refractivity contribution in [3.63, 3.8) is 0 Å². The Bertz CT molecular complexity index is 580. The molecule has 126 valence electrons. The van der Waals surface area contributed by atoms with Crippen LogP contribution in [0.2, 0.25) is 0 Å². The van der Waals surface area contributed by atoms with Crippen LogP contribution in [0.15, 0.2) is 17.6 Å². The molecule has 0 aromatic heterocycles. The first kappa shape index (κ1) is 18.0. The Morgan fingerprint density at radius 3 is 2.00 bits per heavy atom. The van der Waals surface area contributed by atoms with Gasteiger partial charge in [-0.25, -0.2) is 0 Å². The van der Waals surface area contributed by atoms with E-state index in [-0.39, 0.29) is 6.61 Å². The predicted molar refractivity (Wildman–Crippen MR) is 93.6 cm³/mol. The van der Waals surface area contributed by atoms with Crippen molar-refractivity contribution in [2.45, 2.75) is 52.7 Å². The minimum absolute atomic E-state index is 0.110. The third kappa shape index (κ3) is 3.47. The van der Waals surface area contributed by atoms with Crippen LogP contribution in [0.3, 0.4) is 0 Å².